The SMILES string of the molecule is Cc1cn[nH]c1NC(=O)c1ccc(S(=O)(=O)N(C)C)cc1. The summed E-state index contributed by atoms with van der Waals surface area (Å²) in [5.74, 6) is 0.182. The lowest BCUT2D eigenvalue weighted by Crippen LogP contribution is -2.22. The first kappa shape index (κ1) is 15.2. The molecule has 112 valence electrons. The Bertz CT molecular complexity index is 748. The van der Waals surface area contributed by atoms with Gasteiger partial charge in [-0.05, 0) is 31.2 Å². The first-order chi connectivity index (χ1) is 9.82. The Hall–Kier alpha value is -2.19. The lowest BCUT2D eigenvalue weighted by molar-refractivity contribution is 0.102. The van der Waals surface area contributed by atoms with E-state index in [-0.39, 0.29) is 10.8 Å². The molecule has 1 aromatic heterocycles. The molecule has 8 heteroatoms. The molecule has 0 aliphatic heterocycles. The third-order valence-electron chi connectivity index (χ3n) is 2.96. The molecule has 0 saturated carbocycles. The molecule has 0 aliphatic carbocycles. The summed E-state index contributed by atoms with van der Waals surface area (Å²) in [7, 11) is -0.580. The van der Waals surface area contributed by atoms with E-state index in [9.17, 15) is 13.2 Å². The molecular formula is C13H16N4O3S. The van der Waals surface area contributed by atoms with Crippen molar-refractivity contribution in [2.45, 2.75) is 11.8 Å². The lowest BCUT2D eigenvalue weighted by Gasteiger charge is -2.11. The second-order valence-corrected chi connectivity index (χ2v) is 6.85. The van der Waals surface area contributed by atoms with Crippen molar-refractivity contribution in [3.63, 3.8) is 0 Å². The van der Waals surface area contributed by atoms with Crippen molar-refractivity contribution < 1.29 is 13.2 Å². The fraction of sp³-hybridized carbons (Fsp3) is 0.231. The summed E-state index contributed by atoms with van der Waals surface area (Å²) >= 11 is 0. The van der Waals surface area contributed by atoms with Gasteiger partial charge in [0.05, 0.1) is 11.1 Å². The molecule has 2 aromatic rings. The van der Waals surface area contributed by atoms with Gasteiger partial charge in [-0.1, -0.05) is 0 Å². The predicted molar refractivity (Wildman–Crippen MR) is 78.6 cm³/mol. The van der Waals surface area contributed by atoms with E-state index in [1.54, 1.807) is 6.20 Å². The van der Waals surface area contributed by atoms with Crippen LogP contribution in [0.15, 0.2) is 35.4 Å². The molecule has 0 saturated heterocycles. The van der Waals surface area contributed by atoms with Gasteiger partial charge in [0, 0.05) is 25.2 Å². The number of amides is 1. The monoisotopic (exact) mass is 308 g/mol. The number of aromatic nitrogens is 2. The zero-order chi connectivity index (χ0) is 15.6. The second kappa shape index (κ2) is 5.66. The summed E-state index contributed by atoms with van der Waals surface area (Å²) in [4.78, 5) is 12.2. The minimum absolute atomic E-state index is 0.141. The highest BCUT2D eigenvalue weighted by molar-refractivity contribution is 7.89. The number of aromatic amines is 1. The van der Waals surface area contributed by atoms with Crippen molar-refractivity contribution in [3.8, 4) is 0 Å². The van der Waals surface area contributed by atoms with Gasteiger partial charge in [-0.25, -0.2) is 12.7 Å². The van der Waals surface area contributed by atoms with E-state index >= 15 is 0 Å². The normalized spacial score (nSPS) is 11.6. The zero-order valence-corrected chi connectivity index (χ0v) is 12.7. The van der Waals surface area contributed by atoms with Crippen molar-refractivity contribution in [2.24, 2.45) is 0 Å². The van der Waals surface area contributed by atoms with E-state index < -0.39 is 10.0 Å². The predicted octanol–water partition coefficient (Wildman–Crippen LogP) is 1.22. The standard InChI is InChI=1S/C13H16N4O3S/c1-9-8-14-16-12(9)15-13(18)10-4-6-11(7-5-10)21(19,20)17(2)3/h4-8H,1-3H3,(H2,14,15,16,18). The minimum atomic E-state index is -3.49. The Morgan fingerprint density at radius 3 is 2.33 bits per heavy atom. The quantitative estimate of drug-likeness (QED) is 0.888. The van der Waals surface area contributed by atoms with Gasteiger partial charge >= 0.3 is 0 Å². The molecular weight excluding hydrogens is 292 g/mol. The average molecular weight is 308 g/mol. The largest absolute Gasteiger partial charge is 0.307 e. The summed E-state index contributed by atoms with van der Waals surface area (Å²) in [5.41, 5.74) is 1.18. The number of aryl methyl sites for hydroxylation is 1. The summed E-state index contributed by atoms with van der Waals surface area (Å²) < 4.78 is 25.0. The van der Waals surface area contributed by atoms with Crippen LogP contribution in [0.1, 0.15) is 15.9 Å². The maximum atomic E-state index is 12.0. The lowest BCUT2D eigenvalue weighted by atomic mass is 10.2. The summed E-state index contributed by atoms with van der Waals surface area (Å²) in [6.45, 7) is 1.81. The number of carbonyl (C=O) groups is 1. The van der Waals surface area contributed by atoms with Crippen LogP contribution in [0.3, 0.4) is 0 Å². The number of nitrogens with zero attached hydrogens (tertiary/aromatic N) is 2. The minimum Gasteiger partial charge on any atom is -0.307 e. The first-order valence-corrected chi connectivity index (χ1v) is 7.60. The van der Waals surface area contributed by atoms with Crippen molar-refractivity contribution in [1.29, 1.82) is 0 Å². The second-order valence-electron chi connectivity index (χ2n) is 4.69. The maximum absolute atomic E-state index is 12.0. The van der Waals surface area contributed by atoms with E-state index in [2.05, 4.69) is 15.5 Å². The molecule has 21 heavy (non-hydrogen) atoms. The summed E-state index contributed by atoms with van der Waals surface area (Å²) in [6.07, 6.45) is 1.60. The number of hydrogen-bond donors (Lipinski definition) is 2. The van der Waals surface area contributed by atoms with Crippen LogP contribution in [0.5, 0.6) is 0 Å². The van der Waals surface area contributed by atoms with Crippen molar-refractivity contribution >= 4 is 21.7 Å². The molecule has 1 amide bonds. The average Bonchev–Trinajstić information content (AvgIpc) is 2.84. The molecule has 1 heterocycles. The molecule has 2 N–H and O–H groups in total. The molecule has 0 spiro atoms. The Kier molecular flexibility index (Phi) is 4.10. The summed E-state index contributed by atoms with van der Waals surface area (Å²) in [5, 5.41) is 9.15. The number of H-pyrrole nitrogens is 1. The van der Waals surface area contributed by atoms with Crippen LogP contribution in [0, 0.1) is 6.92 Å². The van der Waals surface area contributed by atoms with E-state index in [1.165, 1.54) is 38.4 Å². The van der Waals surface area contributed by atoms with Crippen LogP contribution in [-0.4, -0.2) is 42.9 Å². The van der Waals surface area contributed by atoms with Crippen LogP contribution in [0.4, 0.5) is 5.82 Å². The van der Waals surface area contributed by atoms with Crippen LogP contribution >= 0.6 is 0 Å². The number of benzene rings is 1. The maximum Gasteiger partial charge on any atom is 0.256 e. The Labute approximate surface area is 123 Å². The van der Waals surface area contributed by atoms with E-state index in [1.807, 2.05) is 6.92 Å². The first-order valence-electron chi connectivity index (χ1n) is 6.16. The summed E-state index contributed by atoms with van der Waals surface area (Å²) in [6, 6.07) is 5.75. The zero-order valence-electron chi connectivity index (χ0n) is 11.9. The van der Waals surface area contributed by atoms with Crippen LogP contribution in [-0.2, 0) is 10.0 Å². The van der Waals surface area contributed by atoms with Crippen molar-refractivity contribution in [3.05, 3.63) is 41.6 Å². The van der Waals surface area contributed by atoms with Gasteiger partial charge in [-0.15, -0.1) is 0 Å². The van der Waals surface area contributed by atoms with Crippen LogP contribution < -0.4 is 5.32 Å². The molecule has 0 aliphatic rings. The third-order valence-corrected chi connectivity index (χ3v) is 4.79. The van der Waals surface area contributed by atoms with Crippen molar-refractivity contribution in [1.82, 2.24) is 14.5 Å². The molecule has 0 unspecified atom stereocenters. The number of sulfonamides is 1. The Morgan fingerprint density at radius 1 is 1.24 bits per heavy atom. The molecule has 7 nitrogen and oxygen atoms in total. The fourth-order valence-corrected chi connectivity index (χ4v) is 2.55. The molecule has 0 atom stereocenters. The number of hydrogen-bond acceptors (Lipinski definition) is 4. The van der Waals surface area contributed by atoms with Gasteiger partial charge in [0.15, 0.2) is 0 Å². The van der Waals surface area contributed by atoms with Crippen LogP contribution in [0.2, 0.25) is 0 Å². The number of carbonyl (C=O) groups excluding carboxylic acids is 1. The van der Waals surface area contributed by atoms with Gasteiger partial charge in [-0.3, -0.25) is 9.89 Å². The molecule has 1 aromatic carbocycles. The number of rotatable bonds is 4. The molecule has 0 fully saturated rings. The highest BCUT2D eigenvalue weighted by Crippen LogP contribution is 2.15. The van der Waals surface area contributed by atoms with E-state index in [0.717, 1.165) is 9.87 Å². The van der Waals surface area contributed by atoms with Gasteiger partial charge in [-0.2, -0.15) is 5.10 Å². The third kappa shape index (κ3) is 3.11. The molecule has 0 radical (unpaired) electrons. The van der Waals surface area contributed by atoms with Gasteiger partial charge in [0.25, 0.3) is 5.91 Å². The Morgan fingerprint density at radius 2 is 1.86 bits per heavy atom. The smallest absolute Gasteiger partial charge is 0.256 e. The fourth-order valence-electron chi connectivity index (χ4n) is 1.65. The van der Waals surface area contributed by atoms with E-state index in [4.69, 9.17) is 0 Å². The number of nitrogens with one attached hydrogen (secondary N) is 2. The highest BCUT2D eigenvalue weighted by atomic mass is 32.2. The van der Waals surface area contributed by atoms with Crippen LogP contribution in [0.25, 0.3) is 0 Å². The topological polar surface area (TPSA) is 95.2 Å². The highest BCUT2D eigenvalue weighted by Gasteiger charge is 2.17. The van der Waals surface area contributed by atoms with Gasteiger partial charge < -0.3 is 5.32 Å². The molecule has 2 rings (SSSR count). The van der Waals surface area contributed by atoms with Gasteiger partial charge in [0.1, 0.15) is 5.82 Å². The Balaban J connectivity index is 2.20. The number of anilines is 1. The van der Waals surface area contributed by atoms with E-state index in [0.29, 0.717) is 11.4 Å². The van der Waals surface area contributed by atoms with Crippen molar-refractivity contribution in [2.75, 3.05) is 19.4 Å². The van der Waals surface area contributed by atoms with Gasteiger partial charge in [0.2, 0.25) is 10.0 Å². The molecule has 0 bridgehead atoms.